The van der Waals surface area contributed by atoms with Crippen LogP contribution in [0.5, 0.6) is 11.5 Å². The Labute approximate surface area is 253 Å². The van der Waals surface area contributed by atoms with E-state index in [9.17, 15) is 14.4 Å². The smallest absolute Gasteiger partial charge is 0.329 e. The molecule has 41 heavy (non-hydrogen) atoms. The van der Waals surface area contributed by atoms with E-state index in [4.69, 9.17) is 32.7 Å². The third kappa shape index (κ3) is 6.64. The number of methoxy groups -OCH3 is 1. The lowest BCUT2D eigenvalue weighted by atomic mass is 10.2. The highest BCUT2D eigenvalue weighted by atomic mass is 79.9. The van der Waals surface area contributed by atoms with Gasteiger partial charge in [0.05, 0.1) is 29.2 Å². The van der Waals surface area contributed by atoms with Gasteiger partial charge in [-0.3, -0.25) is 19.1 Å². The predicted molar refractivity (Wildman–Crippen MR) is 162 cm³/mol. The molecular weight excluding hydrogens is 637 g/mol. The third-order valence-corrected chi connectivity index (χ3v) is 7.35. The molecule has 0 aliphatic rings. The molecule has 0 saturated heterocycles. The minimum Gasteiger partial charge on any atom is -0.493 e. The molecule has 212 valence electrons. The maximum absolute atomic E-state index is 13.0. The minimum atomic E-state index is -1.06. The van der Waals surface area contributed by atoms with Gasteiger partial charge in [-0.25, -0.2) is 10.1 Å². The largest absolute Gasteiger partial charge is 0.493 e. The van der Waals surface area contributed by atoms with Crippen molar-refractivity contribution in [2.24, 2.45) is 12.1 Å². The number of carbonyl (C=O) groups excluding carboxylic acids is 2. The molecule has 0 fully saturated rings. The van der Waals surface area contributed by atoms with Crippen molar-refractivity contribution in [3.05, 3.63) is 102 Å². The van der Waals surface area contributed by atoms with E-state index in [1.165, 1.54) is 18.0 Å². The van der Waals surface area contributed by atoms with Crippen molar-refractivity contribution < 1.29 is 19.1 Å². The minimum absolute atomic E-state index is 0.0113. The second kappa shape index (κ2) is 13.1. The van der Waals surface area contributed by atoms with E-state index in [0.717, 1.165) is 0 Å². The summed E-state index contributed by atoms with van der Waals surface area (Å²) >= 11 is 15.9. The number of hydrogen-bond donors (Lipinski definition) is 2. The average molecular weight is 661 g/mol. The van der Waals surface area contributed by atoms with Crippen LogP contribution in [-0.4, -0.2) is 34.5 Å². The van der Waals surface area contributed by atoms with Crippen LogP contribution in [0.4, 0.5) is 5.69 Å². The highest BCUT2D eigenvalue weighted by molar-refractivity contribution is 9.10. The average Bonchev–Trinajstić information content (AvgIpc) is 3.16. The SMILES string of the molecule is COc1cc(/C=N\NC(=O)C(=O)Nc2c(C)n(C)n(-c3ccccc3)c2=O)cc(Br)c1OCc1c(Cl)cccc1Cl. The van der Waals surface area contributed by atoms with Crippen molar-refractivity contribution in [2.45, 2.75) is 13.5 Å². The molecule has 1 heterocycles. The van der Waals surface area contributed by atoms with E-state index in [2.05, 4.69) is 31.8 Å². The number of halogens is 3. The molecule has 2 amide bonds. The van der Waals surface area contributed by atoms with E-state index < -0.39 is 17.4 Å². The number of ether oxygens (including phenoxy) is 2. The first-order chi connectivity index (χ1) is 19.6. The number of rotatable bonds is 8. The van der Waals surface area contributed by atoms with Gasteiger partial charge >= 0.3 is 11.8 Å². The van der Waals surface area contributed by atoms with Gasteiger partial charge in [0.2, 0.25) is 0 Å². The molecule has 13 heteroatoms. The van der Waals surface area contributed by atoms with E-state index in [0.29, 0.717) is 48.5 Å². The van der Waals surface area contributed by atoms with Crippen LogP contribution in [0.1, 0.15) is 16.8 Å². The number of nitrogens with one attached hydrogen (secondary N) is 2. The Bertz CT molecular complexity index is 1680. The second-order valence-corrected chi connectivity index (χ2v) is 10.3. The zero-order chi connectivity index (χ0) is 29.7. The van der Waals surface area contributed by atoms with Crippen molar-refractivity contribution >= 4 is 62.8 Å². The number of aromatic nitrogens is 2. The molecule has 1 aromatic heterocycles. The van der Waals surface area contributed by atoms with E-state index >= 15 is 0 Å². The van der Waals surface area contributed by atoms with Gasteiger partial charge < -0.3 is 14.8 Å². The maximum atomic E-state index is 13.0. The number of hydrogen-bond acceptors (Lipinski definition) is 6. The van der Waals surface area contributed by atoms with Crippen LogP contribution in [0.15, 0.2) is 75.0 Å². The monoisotopic (exact) mass is 659 g/mol. The third-order valence-electron chi connectivity index (χ3n) is 6.05. The summed E-state index contributed by atoms with van der Waals surface area (Å²) in [5, 5.41) is 7.19. The fourth-order valence-electron chi connectivity index (χ4n) is 3.87. The molecule has 2 N–H and O–H groups in total. The first-order valence-corrected chi connectivity index (χ1v) is 13.6. The first kappa shape index (κ1) is 29.9. The Morgan fingerprint density at radius 2 is 1.73 bits per heavy atom. The van der Waals surface area contributed by atoms with Crippen LogP contribution in [0, 0.1) is 6.92 Å². The van der Waals surface area contributed by atoms with E-state index in [-0.39, 0.29) is 12.3 Å². The summed E-state index contributed by atoms with van der Waals surface area (Å²) in [7, 11) is 3.15. The number of benzene rings is 3. The summed E-state index contributed by atoms with van der Waals surface area (Å²) in [6.45, 7) is 1.76. The van der Waals surface area contributed by atoms with E-state index in [1.54, 1.807) is 73.3 Å². The summed E-state index contributed by atoms with van der Waals surface area (Å²) in [5.41, 5.74) is 3.92. The fraction of sp³-hybridized carbons (Fsp3) is 0.143. The van der Waals surface area contributed by atoms with Gasteiger partial charge in [-0.2, -0.15) is 5.10 Å². The van der Waals surface area contributed by atoms with Gasteiger partial charge in [-0.15, -0.1) is 0 Å². The van der Waals surface area contributed by atoms with Crippen LogP contribution in [0.3, 0.4) is 0 Å². The lowest BCUT2D eigenvalue weighted by Gasteiger charge is -2.14. The van der Waals surface area contributed by atoms with Crippen molar-refractivity contribution in [1.29, 1.82) is 0 Å². The van der Waals surface area contributed by atoms with Crippen LogP contribution in [0.25, 0.3) is 5.69 Å². The maximum Gasteiger partial charge on any atom is 0.329 e. The van der Waals surface area contributed by atoms with E-state index in [1.807, 2.05) is 6.07 Å². The summed E-state index contributed by atoms with van der Waals surface area (Å²) in [4.78, 5) is 37.9. The van der Waals surface area contributed by atoms with Gasteiger partial charge in [0.15, 0.2) is 11.5 Å². The van der Waals surface area contributed by atoms with Gasteiger partial charge in [0, 0.05) is 22.7 Å². The lowest BCUT2D eigenvalue weighted by molar-refractivity contribution is -0.136. The molecule has 4 rings (SSSR count). The Morgan fingerprint density at radius 1 is 1.05 bits per heavy atom. The summed E-state index contributed by atoms with van der Waals surface area (Å²) in [6.07, 6.45) is 1.32. The standard InChI is InChI=1S/C28H24BrCl2N5O5/c1-16-24(28(39)36(35(16)2)18-8-5-4-6-9-18)33-26(37)27(38)34-32-14-17-12-20(29)25(23(13-17)40-3)41-15-19-21(30)10-7-11-22(19)31/h4-14H,15H2,1-3H3,(H,33,37)(H,34,38)/b32-14-. The van der Waals surface area contributed by atoms with Crippen LogP contribution in [0.2, 0.25) is 10.0 Å². The number of nitrogens with zero attached hydrogens (tertiary/aromatic N) is 3. The number of anilines is 1. The molecule has 0 radical (unpaired) electrons. The molecule has 0 aliphatic heterocycles. The molecule has 0 aliphatic carbocycles. The van der Waals surface area contributed by atoms with Gasteiger partial charge in [0.25, 0.3) is 5.56 Å². The zero-order valence-electron chi connectivity index (χ0n) is 22.1. The van der Waals surface area contributed by atoms with Crippen LogP contribution in [-0.2, 0) is 23.2 Å². The number of carbonyl (C=O) groups is 2. The Kier molecular flexibility index (Phi) is 9.53. The van der Waals surface area contributed by atoms with Crippen LogP contribution >= 0.6 is 39.1 Å². The van der Waals surface area contributed by atoms with Gasteiger partial charge in [-0.05, 0) is 64.8 Å². The van der Waals surface area contributed by atoms with Gasteiger partial charge in [0.1, 0.15) is 12.3 Å². The highest BCUT2D eigenvalue weighted by Crippen LogP contribution is 2.37. The lowest BCUT2D eigenvalue weighted by Crippen LogP contribution is -2.34. The Balaban J connectivity index is 1.43. The summed E-state index contributed by atoms with van der Waals surface area (Å²) in [6, 6.07) is 17.4. The molecule has 0 spiro atoms. The van der Waals surface area contributed by atoms with Crippen molar-refractivity contribution in [1.82, 2.24) is 14.8 Å². The highest BCUT2D eigenvalue weighted by Gasteiger charge is 2.21. The predicted octanol–water partition coefficient (Wildman–Crippen LogP) is 5.23. The molecule has 0 bridgehead atoms. The summed E-state index contributed by atoms with van der Waals surface area (Å²) < 4.78 is 14.9. The van der Waals surface area contributed by atoms with Crippen molar-refractivity contribution in [3.63, 3.8) is 0 Å². The number of para-hydroxylation sites is 1. The molecule has 10 nitrogen and oxygen atoms in total. The molecule has 4 aromatic rings. The quantitative estimate of drug-likeness (QED) is 0.153. The second-order valence-electron chi connectivity index (χ2n) is 8.61. The Morgan fingerprint density at radius 3 is 2.39 bits per heavy atom. The zero-order valence-corrected chi connectivity index (χ0v) is 25.2. The summed E-state index contributed by atoms with van der Waals surface area (Å²) in [5.74, 6) is -1.32. The van der Waals surface area contributed by atoms with Crippen molar-refractivity contribution in [3.8, 4) is 17.2 Å². The number of hydrazone groups is 1. The number of amides is 2. The molecule has 0 saturated carbocycles. The fourth-order valence-corrected chi connectivity index (χ4v) is 4.95. The normalized spacial score (nSPS) is 11.0. The van der Waals surface area contributed by atoms with Crippen LogP contribution < -0.4 is 25.8 Å². The topological polar surface area (TPSA) is 116 Å². The van der Waals surface area contributed by atoms with Gasteiger partial charge in [-0.1, -0.05) is 47.5 Å². The Hall–Kier alpha value is -4.06. The first-order valence-electron chi connectivity index (χ1n) is 12.0. The molecule has 3 aromatic carbocycles. The van der Waals surface area contributed by atoms with Crippen molar-refractivity contribution in [2.75, 3.05) is 12.4 Å². The molecule has 0 atom stereocenters. The molecule has 0 unspecified atom stereocenters. The molecular formula is C28H24BrCl2N5O5.